The molecule has 0 bridgehead atoms. The topological polar surface area (TPSA) is 115 Å². The van der Waals surface area contributed by atoms with E-state index in [4.69, 9.17) is 0 Å². The van der Waals surface area contributed by atoms with Gasteiger partial charge in [-0.15, -0.1) is 0 Å². The zero-order valence-corrected chi connectivity index (χ0v) is 20.2. The van der Waals surface area contributed by atoms with Gasteiger partial charge in [-0.05, 0) is 63.6 Å². The van der Waals surface area contributed by atoms with Crippen LogP contribution in [0.25, 0.3) is 5.95 Å². The average Bonchev–Trinajstić information content (AvgIpc) is 3.11. The van der Waals surface area contributed by atoms with Gasteiger partial charge in [0.05, 0.1) is 12.1 Å². The minimum absolute atomic E-state index is 0.122. The van der Waals surface area contributed by atoms with Crippen LogP contribution in [0, 0.1) is 27.7 Å². The number of carbonyl (C=O) groups excluding carboxylic acids is 2. The Morgan fingerprint density at radius 1 is 0.943 bits per heavy atom. The Morgan fingerprint density at radius 2 is 1.66 bits per heavy atom. The van der Waals surface area contributed by atoms with E-state index in [9.17, 15) is 9.59 Å². The summed E-state index contributed by atoms with van der Waals surface area (Å²) in [7, 11) is 0. The van der Waals surface area contributed by atoms with Gasteiger partial charge in [0.25, 0.3) is 11.9 Å². The Balaban J connectivity index is 1.40. The van der Waals surface area contributed by atoms with Gasteiger partial charge < -0.3 is 10.6 Å². The number of aryl methyl sites for hydroxylation is 3. The van der Waals surface area contributed by atoms with Gasteiger partial charge in [0.15, 0.2) is 0 Å². The summed E-state index contributed by atoms with van der Waals surface area (Å²) in [6, 6.07) is 12.6. The van der Waals surface area contributed by atoms with Crippen LogP contribution in [0.15, 0.2) is 54.9 Å². The fraction of sp³-hybridized carbons (Fsp3) is 0.231. The van der Waals surface area contributed by atoms with Crippen molar-refractivity contribution in [2.75, 3.05) is 5.32 Å². The van der Waals surface area contributed by atoms with E-state index in [1.165, 1.54) is 0 Å². The molecule has 3 aromatic heterocycles. The summed E-state index contributed by atoms with van der Waals surface area (Å²) >= 11 is 0. The molecule has 2 N–H and O–H groups in total. The largest absolute Gasteiger partial charge is 0.352 e. The Labute approximate surface area is 203 Å². The second-order valence-electron chi connectivity index (χ2n) is 8.36. The highest BCUT2D eigenvalue weighted by molar-refractivity contribution is 6.04. The molecular formula is C26H27N7O2. The second kappa shape index (κ2) is 10.3. The van der Waals surface area contributed by atoms with E-state index in [0.717, 1.165) is 33.9 Å². The molecule has 0 saturated carbocycles. The summed E-state index contributed by atoms with van der Waals surface area (Å²) in [5, 5.41) is 10.4. The van der Waals surface area contributed by atoms with Crippen molar-refractivity contribution in [2.45, 2.75) is 40.7 Å². The highest BCUT2D eigenvalue weighted by Crippen LogP contribution is 2.18. The van der Waals surface area contributed by atoms with Gasteiger partial charge in [-0.2, -0.15) is 5.10 Å². The van der Waals surface area contributed by atoms with Crippen LogP contribution >= 0.6 is 0 Å². The lowest BCUT2D eigenvalue weighted by Crippen LogP contribution is -2.25. The SMILES string of the molecule is Cc1cc(C)nc(-n2nc(C)c(CC(=O)NCc3cccc(NC(=O)c4ccncc4)c3)c2C)n1. The fourth-order valence-corrected chi connectivity index (χ4v) is 3.82. The van der Waals surface area contributed by atoms with Gasteiger partial charge in [0, 0.05) is 52.8 Å². The summed E-state index contributed by atoms with van der Waals surface area (Å²) < 4.78 is 1.69. The predicted molar refractivity (Wildman–Crippen MR) is 132 cm³/mol. The lowest BCUT2D eigenvalue weighted by atomic mass is 10.1. The normalized spacial score (nSPS) is 10.7. The van der Waals surface area contributed by atoms with E-state index in [1.54, 1.807) is 35.3 Å². The van der Waals surface area contributed by atoms with Gasteiger partial charge in [-0.3, -0.25) is 14.6 Å². The van der Waals surface area contributed by atoms with Gasteiger partial charge in [-0.25, -0.2) is 14.6 Å². The van der Waals surface area contributed by atoms with Crippen LogP contribution in [0.4, 0.5) is 5.69 Å². The number of amides is 2. The molecule has 3 heterocycles. The number of carbonyl (C=O) groups is 2. The zero-order chi connectivity index (χ0) is 24.9. The highest BCUT2D eigenvalue weighted by Gasteiger charge is 2.17. The van der Waals surface area contributed by atoms with Crippen molar-refractivity contribution in [3.05, 3.63) is 94.3 Å². The molecule has 9 heteroatoms. The smallest absolute Gasteiger partial charge is 0.255 e. The third-order valence-electron chi connectivity index (χ3n) is 5.56. The Bertz CT molecular complexity index is 1360. The molecule has 0 atom stereocenters. The first kappa shape index (κ1) is 23.7. The van der Waals surface area contributed by atoms with E-state index < -0.39 is 0 Å². The highest BCUT2D eigenvalue weighted by atomic mass is 16.2. The summed E-state index contributed by atoms with van der Waals surface area (Å²) in [4.78, 5) is 38.0. The molecule has 0 aliphatic rings. The first-order valence-electron chi connectivity index (χ1n) is 11.2. The first-order valence-corrected chi connectivity index (χ1v) is 11.2. The second-order valence-corrected chi connectivity index (χ2v) is 8.36. The lowest BCUT2D eigenvalue weighted by Gasteiger charge is -2.09. The fourth-order valence-electron chi connectivity index (χ4n) is 3.82. The molecule has 0 aliphatic heterocycles. The van der Waals surface area contributed by atoms with Gasteiger partial charge in [0.1, 0.15) is 0 Å². The van der Waals surface area contributed by atoms with Crippen LogP contribution in [-0.4, -0.2) is 36.5 Å². The number of hydrogen-bond donors (Lipinski definition) is 2. The first-order chi connectivity index (χ1) is 16.8. The molecule has 0 spiro atoms. The van der Waals surface area contributed by atoms with Crippen molar-refractivity contribution < 1.29 is 9.59 Å². The Kier molecular flexibility index (Phi) is 6.96. The maximum Gasteiger partial charge on any atom is 0.255 e. The third-order valence-corrected chi connectivity index (χ3v) is 5.56. The number of rotatable bonds is 7. The van der Waals surface area contributed by atoms with Gasteiger partial charge in [0.2, 0.25) is 5.91 Å². The molecule has 2 amide bonds. The molecule has 0 aliphatic carbocycles. The van der Waals surface area contributed by atoms with Crippen molar-refractivity contribution >= 4 is 17.5 Å². The Hall–Kier alpha value is -4.40. The summed E-state index contributed by atoms with van der Waals surface area (Å²) in [5.74, 6) is 0.160. The number of pyridine rings is 1. The lowest BCUT2D eigenvalue weighted by molar-refractivity contribution is -0.120. The minimum atomic E-state index is -0.218. The number of hydrogen-bond acceptors (Lipinski definition) is 6. The quantitative estimate of drug-likeness (QED) is 0.429. The van der Waals surface area contributed by atoms with Crippen molar-refractivity contribution in [1.82, 2.24) is 30.0 Å². The number of anilines is 1. The van der Waals surface area contributed by atoms with Crippen LogP contribution in [0.3, 0.4) is 0 Å². The molecule has 4 rings (SSSR count). The number of benzene rings is 1. The van der Waals surface area contributed by atoms with Crippen molar-refractivity contribution in [2.24, 2.45) is 0 Å². The molecule has 178 valence electrons. The van der Waals surface area contributed by atoms with Crippen LogP contribution in [0.2, 0.25) is 0 Å². The van der Waals surface area contributed by atoms with Crippen LogP contribution in [-0.2, 0) is 17.8 Å². The van der Waals surface area contributed by atoms with Crippen LogP contribution in [0.5, 0.6) is 0 Å². The van der Waals surface area contributed by atoms with E-state index >= 15 is 0 Å². The maximum absolute atomic E-state index is 12.7. The van der Waals surface area contributed by atoms with E-state index in [2.05, 4.69) is 30.7 Å². The molecule has 1 aromatic carbocycles. The molecule has 0 radical (unpaired) electrons. The van der Waals surface area contributed by atoms with Gasteiger partial charge >= 0.3 is 0 Å². The molecule has 0 fully saturated rings. The van der Waals surface area contributed by atoms with Crippen molar-refractivity contribution in [1.29, 1.82) is 0 Å². The van der Waals surface area contributed by atoms with E-state index in [1.807, 2.05) is 52.0 Å². The maximum atomic E-state index is 12.7. The Morgan fingerprint density at radius 3 is 2.37 bits per heavy atom. The standard InChI is InChI=1S/C26H27N7O2/c1-16-12-17(2)30-26(29-16)33-19(4)23(18(3)32-33)14-24(34)28-15-20-6-5-7-22(13-20)31-25(35)21-8-10-27-11-9-21/h5-13H,14-15H2,1-4H3,(H,28,34)(H,31,35). The number of nitrogens with zero attached hydrogens (tertiary/aromatic N) is 5. The van der Waals surface area contributed by atoms with Crippen molar-refractivity contribution in [3.63, 3.8) is 0 Å². The zero-order valence-electron chi connectivity index (χ0n) is 20.2. The van der Waals surface area contributed by atoms with Crippen LogP contribution < -0.4 is 10.6 Å². The van der Waals surface area contributed by atoms with Crippen molar-refractivity contribution in [3.8, 4) is 5.95 Å². The monoisotopic (exact) mass is 469 g/mol. The molecule has 9 nitrogen and oxygen atoms in total. The van der Waals surface area contributed by atoms with Crippen LogP contribution in [0.1, 0.15) is 44.3 Å². The summed E-state index contributed by atoms with van der Waals surface area (Å²) in [6.45, 7) is 7.96. The van der Waals surface area contributed by atoms with E-state index in [-0.39, 0.29) is 18.2 Å². The molecule has 4 aromatic rings. The summed E-state index contributed by atoms with van der Waals surface area (Å²) in [5.41, 5.74) is 6.22. The predicted octanol–water partition coefficient (Wildman–Crippen LogP) is 3.40. The van der Waals surface area contributed by atoms with Gasteiger partial charge in [-0.1, -0.05) is 12.1 Å². The summed E-state index contributed by atoms with van der Waals surface area (Å²) in [6.07, 6.45) is 3.34. The number of nitrogens with one attached hydrogen (secondary N) is 2. The molecular weight excluding hydrogens is 442 g/mol. The average molecular weight is 470 g/mol. The molecule has 35 heavy (non-hydrogen) atoms. The molecule has 0 unspecified atom stereocenters. The number of aromatic nitrogens is 5. The third kappa shape index (κ3) is 5.75. The minimum Gasteiger partial charge on any atom is -0.352 e. The molecule has 0 saturated heterocycles. The van der Waals surface area contributed by atoms with E-state index in [0.29, 0.717) is 23.7 Å².